The first-order valence-electron chi connectivity index (χ1n) is 4.40. The highest BCUT2D eigenvalue weighted by Gasteiger charge is 2.15. The number of aliphatic hydroxyl groups is 1. The molecule has 1 aromatic rings. The Kier molecular flexibility index (Phi) is 3.30. The molecule has 0 radical (unpaired) electrons. The monoisotopic (exact) mass is 198 g/mol. The minimum Gasteiger partial charge on any atom is -0.465 e. The maximum atomic E-state index is 11.2. The highest BCUT2D eigenvalue weighted by Crippen LogP contribution is 2.16. The van der Waals surface area contributed by atoms with Crippen molar-refractivity contribution in [1.29, 1.82) is 0 Å². The number of methoxy groups -OCH3 is 1. The molecule has 1 atom stereocenters. The number of hydrogen-bond donors (Lipinski definition) is 1. The number of rotatable bonds is 3. The fourth-order valence-electron chi connectivity index (χ4n) is 1.25. The number of aliphatic hydroxyl groups excluding tert-OH is 1. The molecule has 0 fully saturated rings. The number of esters is 1. The predicted molar refractivity (Wildman–Crippen MR) is 50.2 cm³/mol. The van der Waals surface area contributed by atoms with Crippen LogP contribution in [0.2, 0.25) is 0 Å². The van der Waals surface area contributed by atoms with Crippen molar-refractivity contribution in [3.05, 3.63) is 23.2 Å². The molecule has 1 unspecified atom stereocenters. The molecule has 78 valence electrons. The van der Waals surface area contributed by atoms with Crippen molar-refractivity contribution in [1.82, 2.24) is 0 Å². The molecule has 1 rings (SSSR count). The summed E-state index contributed by atoms with van der Waals surface area (Å²) in [4.78, 5) is 11.2. The molecular formula is C10H14O4. The molecule has 1 aromatic heterocycles. The Labute approximate surface area is 82.5 Å². The third-order valence-corrected chi connectivity index (χ3v) is 1.87. The zero-order chi connectivity index (χ0) is 10.7. The highest BCUT2D eigenvalue weighted by molar-refractivity contribution is 5.90. The normalized spacial score (nSPS) is 12.6. The van der Waals surface area contributed by atoms with Crippen molar-refractivity contribution in [3.8, 4) is 0 Å². The Balaban J connectivity index is 2.87. The van der Waals surface area contributed by atoms with Crippen molar-refractivity contribution in [2.45, 2.75) is 26.4 Å². The summed E-state index contributed by atoms with van der Waals surface area (Å²) in [6, 6.07) is 1.61. The van der Waals surface area contributed by atoms with Crippen molar-refractivity contribution in [2.24, 2.45) is 0 Å². The average Bonchev–Trinajstić information content (AvgIpc) is 2.44. The first-order chi connectivity index (χ1) is 6.54. The van der Waals surface area contributed by atoms with E-state index < -0.39 is 12.1 Å². The summed E-state index contributed by atoms with van der Waals surface area (Å²) >= 11 is 0. The van der Waals surface area contributed by atoms with Crippen LogP contribution in [0.25, 0.3) is 0 Å². The maximum Gasteiger partial charge on any atom is 0.341 e. The van der Waals surface area contributed by atoms with Gasteiger partial charge >= 0.3 is 5.97 Å². The molecule has 0 aliphatic rings. The topological polar surface area (TPSA) is 59.7 Å². The summed E-state index contributed by atoms with van der Waals surface area (Å²) in [5.41, 5.74) is 0.420. The Morgan fingerprint density at radius 3 is 2.86 bits per heavy atom. The quantitative estimate of drug-likeness (QED) is 0.743. The lowest BCUT2D eigenvalue weighted by atomic mass is 10.2. The van der Waals surface area contributed by atoms with Gasteiger partial charge in [-0.25, -0.2) is 4.79 Å². The molecule has 0 saturated heterocycles. The van der Waals surface area contributed by atoms with Crippen LogP contribution in [-0.4, -0.2) is 24.3 Å². The summed E-state index contributed by atoms with van der Waals surface area (Å²) in [6.45, 7) is 3.35. The predicted octanol–water partition coefficient (Wildman–Crippen LogP) is 1.30. The van der Waals surface area contributed by atoms with Crippen LogP contribution in [0.5, 0.6) is 0 Å². The lowest BCUT2D eigenvalue weighted by Crippen LogP contribution is -2.03. The second-order valence-corrected chi connectivity index (χ2v) is 3.23. The molecule has 14 heavy (non-hydrogen) atoms. The molecule has 0 aliphatic carbocycles. The number of aryl methyl sites for hydroxylation is 1. The summed E-state index contributed by atoms with van der Waals surface area (Å²) in [6.07, 6.45) is -0.0799. The molecular weight excluding hydrogens is 184 g/mol. The van der Waals surface area contributed by atoms with Crippen molar-refractivity contribution < 1.29 is 19.1 Å². The smallest absolute Gasteiger partial charge is 0.341 e. The summed E-state index contributed by atoms with van der Waals surface area (Å²) in [5.74, 6) is 0.702. The number of carbonyl (C=O) groups excluding carboxylic acids is 1. The first kappa shape index (κ1) is 10.8. The fourth-order valence-corrected chi connectivity index (χ4v) is 1.25. The van der Waals surface area contributed by atoms with Gasteiger partial charge in [-0.1, -0.05) is 0 Å². The maximum absolute atomic E-state index is 11.2. The second-order valence-electron chi connectivity index (χ2n) is 3.23. The van der Waals surface area contributed by atoms with E-state index >= 15 is 0 Å². The van der Waals surface area contributed by atoms with Gasteiger partial charge in [-0.05, 0) is 19.9 Å². The summed E-state index contributed by atoms with van der Waals surface area (Å²) in [7, 11) is 1.32. The van der Waals surface area contributed by atoms with Gasteiger partial charge in [0.2, 0.25) is 0 Å². The van der Waals surface area contributed by atoms with Crippen LogP contribution < -0.4 is 0 Å². The van der Waals surface area contributed by atoms with Gasteiger partial charge in [-0.15, -0.1) is 0 Å². The van der Waals surface area contributed by atoms with E-state index in [-0.39, 0.29) is 0 Å². The van der Waals surface area contributed by atoms with Crippen LogP contribution >= 0.6 is 0 Å². The third-order valence-electron chi connectivity index (χ3n) is 1.87. The van der Waals surface area contributed by atoms with Gasteiger partial charge in [-0.3, -0.25) is 0 Å². The van der Waals surface area contributed by atoms with Gasteiger partial charge in [-0.2, -0.15) is 0 Å². The summed E-state index contributed by atoms with van der Waals surface area (Å²) < 4.78 is 9.86. The van der Waals surface area contributed by atoms with E-state index in [1.54, 1.807) is 19.9 Å². The van der Waals surface area contributed by atoms with E-state index in [2.05, 4.69) is 4.74 Å². The molecule has 4 nitrogen and oxygen atoms in total. The van der Waals surface area contributed by atoms with Gasteiger partial charge in [0.25, 0.3) is 0 Å². The second kappa shape index (κ2) is 4.28. The lowest BCUT2D eigenvalue weighted by molar-refractivity contribution is 0.0599. The van der Waals surface area contributed by atoms with Crippen molar-refractivity contribution in [2.75, 3.05) is 7.11 Å². The number of ether oxygens (including phenoxy) is 1. The Morgan fingerprint density at radius 1 is 1.71 bits per heavy atom. The number of hydrogen-bond acceptors (Lipinski definition) is 4. The van der Waals surface area contributed by atoms with Gasteiger partial charge in [0.15, 0.2) is 0 Å². The van der Waals surface area contributed by atoms with Crippen LogP contribution in [-0.2, 0) is 11.2 Å². The van der Waals surface area contributed by atoms with E-state index in [4.69, 9.17) is 9.52 Å². The Morgan fingerprint density at radius 2 is 2.36 bits per heavy atom. The summed E-state index contributed by atoms with van der Waals surface area (Å²) in [5, 5.41) is 9.13. The SMILES string of the molecule is COC(=O)c1cc(CC(C)O)oc1C. The standard InChI is InChI=1S/C10H14O4/c1-6(11)4-8-5-9(7(2)14-8)10(12)13-3/h5-6,11H,4H2,1-3H3. The van der Waals surface area contributed by atoms with E-state index in [9.17, 15) is 4.79 Å². The van der Waals surface area contributed by atoms with Crippen LogP contribution in [0.1, 0.15) is 28.8 Å². The van der Waals surface area contributed by atoms with E-state index in [0.29, 0.717) is 23.5 Å². The molecule has 4 heteroatoms. The zero-order valence-electron chi connectivity index (χ0n) is 8.53. The molecule has 1 heterocycles. The van der Waals surface area contributed by atoms with E-state index in [1.807, 2.05) is 0 Å². The molecule has 0 amide bonds. The fraction of sp³-hybridized carbons (Fsp3) is 0.500. The molecule has 0 bridgehead atoms. The van der Waals surface area contributed by atoms with Gasteiger partial charge in [0.1, 0.15) is 17.1 Å². The highest BCUT2D eigenvalue weighted by atomic mass is 16.5. The average molecular weight is 198 g/mol. The third kappa shape index (κ3) is 2.35. The number of carbonyl (C=O) groups is 1. The van der Waals surface area contributed by atoms with Crippen molar-refractivity contribution >= 4 is 5.97 Å². The van der Waals surface area contributed by atoms with Crippen LogP contribution in [0.4, 0.5) is 0 Å². The Hall–Kier alpha value is -1.29. The molecule has 0 saturated carbocycles. The van der Waals surface area contributed by atoms with Gasteiger partial charge < -0.3 is 14.3 Å². The van der Waals surface area contributed by atoms with Gasteiger partial charge in [0, 0.05) is 6.42 Å². The Bertz CT molecular complexity index is 325. The first-order valence-corrected chi connectivity index (χ1v) is 4.40. The van der Waals surface area contributed by atoms with Crippen molar-refractivity contribution in [3.63, 3.8) is 0 Å². The number of furan rings is 1. The molecule has 0 spiro atoms. The zero-order valence-corrected chi connectivity index (χ0v) is 8.53. The molecule has 1 N–H and O–H groups in total. The largest absolute Gasteiger partial charge is 0.465 e. The van der Waals surface area contributed by atoms with Crippen LogP contribution in [0.3, 0.4) is 0 Å². The van der Waals surface area contributed by atoms with Crippen LogP contribution in [0.15, 0.2) is 10.5 Å². The lowest BCUT2D eigenvalue weighted by Gasteiger charge is -1.98. The van der Waals surface area contributed by atoms with Gasteiger partial charge in [0.05, 0.1) is 13.2 Å². The minimum atomic E-state index is -0.481. The van der Waals surface area contributed by atoms with E-state index in [0.717, 1.165) is 0 Å². The molecule has 0 aromatic carbocycles. The van der Waals surface area contributed by atoms with E-state index in [1.165, 1.54) is 7.11 Å². The minimum absolute atomic E-state index is 0.401. The van der Waals surface area contributed by atoms with Crippen LogP contribution in [0, 0.1) is 6.92 Å². The molecule has 0 aliphatic heterocycles.